The van der Waals surface area contributed by atoms with E-state index >= 15 is 0 Å². The van der Waals surface area contributed by atoms with Crippen molar-refractivity contribution in [1.82, 2.24) is 5.32 Å². The quantitative estimate of drug-likeness (QED) is 0.640. The zero-order valence-corrected chi connectivity index (χ0v) is 8.31. The molecule has 0 radical (unpaired) electrons. The molecule has 0 unspecified atom stereocenters. The first-order valence-electron chi connectivity index (χ1n) is 4.81. The highest BCUT2D eigenvalue weighted by molar-refractivity contribution is 5.79. The number of carbonyl (C=O) groups excluding carboxylic acids is 1. The minimum atomic E-state index is -0.0698. The Bertz CT molecular complexity index is 163. The van der Waals surface area contributed by atoms with Crippen molar-refractivity contribution in [1.29, 1.82) is 0 Å². The fraction of sp³-hybridized carbons (Fsp3) is 0.900. The van der Waals surface area contributed by atoms with Crippen LogP contribution in [0.5, 0.6) is 0 Å². The van der Waals surface area contributed by atoms with E-state index in [1.165, 1.54) is 12.8 Å². The highest BCUT2D eigenvalue weighted by Gasteiger charge is 2.25. The van der Waals surface area contributed by atoms with Gasteiger partial charge in [-0.1, -0.05) is 12.8 Å². The van der Waals surface area contributed by atoms with Crippen LogP contribution in [0.1, 0.15) is 46.5 Å². The Morgan fingerprint density at radius 1 is 1.25 bits per heavy atom. The molecule has 1 saturated carbocycles. The average molecular weight is 169 g/mol. The molecule has 0 aliphatic heterocycles. The molecule has 0 spiro atoms. The van der Waals surface area contributed by atoms with Crippen LogP contribution in [0, 0.1) is 5.92 Å². The molecule has 0 heterocycles. The van der Waals surface area contributed by atoms with Gasteiger partial charge >= 0.3 is 0 Å². The van der Waals surface area contributed by atoms with Gasteiger partial charge in [0, 0.05) is 11.5 Å². The van der Waals surface area contributed by atoms with Gasteiger partial charge in [-0.25, -0.2) is 0 Å². The minimum Gasteiger partial charge on any atom is -0.351 e. The molecule has 2 heteroatoms. The lowest BCUT2D eigenvalue weighted by Gasteiger charge is -2.22. The topological polar surface area (TPSA) is 29.1 Å². The minimum absolute atomic E-state index is 0.0698. The molecule has 0 aromatic heterocycles. The smallest absolute Gasteiger partial charge is 0.223 e. The van der Waals surface area contributed by atoms with Crippen LogP contribution in [-0.2, 0) is 4.79 Å². The second kappa shape index (κ2) is 3.46. The van der Waals surface area contributed by atoms with Crippen molar-refractivity contribution in [3.63, 3.8) is 0 Å². The Balaban J connectivity index is 2.37. The van der Waals surface area contributed by atoms with E-state index in [4.69, 9.17) is 0 Å². The summed E-state index contributed by atoms with van der Waals surface area (Å²) >= 11 is 0. The fourth-order valence-electron chi connectivity index (χ4n) is 1.66. The molecular formula is C10H19NO. The van der Waals surface area contributed by atoms with Crippen LogP contribution in [-0.4, -0.2) is 11.4 Å². The molecule has 1 aliphatic carbocycles. The monoisotopic (exact) mass is 169 g/mol. The van der Waals surface area contributed by atoms with Gasteiger partial charge in [0.1, 0.15) is 0 Å². The average Bonchev–Trinajstić information content (AvgIpc) is 2.32. The number of hydrogen-bond acceptors (Lipinski definition) is 1. The third-order valence-corrected chi connectivity index (χ3v) is 2.22. The maximum absolute atomic E-state index is 11.5. The van der Waals surface area contributed by atoms with Gasteiger partial charge < -0.3 is 5.32 Å². The maximum atomic E-state index is 11.5. The van der Waals surface area contributed by atoms with Gasteiger partial charge in [-0.05, 0) is 33.6 Å². The van der Waals surface area contributed by atoms with E-state index in [-0.39, 0.29) is 11.4 Å². The molecule has 0 aromatic carbocycles. The first-order valence-corrected chi connectivity index (χ1v) is 4.81. The molecule has 1 aliphatic rings. The van der Waals surface area contributed by atoms with Gasteiger partial charge in [0.25, 0.3) is 0 Å². The zero-order chi connectivity index (χ0) is 9.19. The Kier molecular flexibility index (Phi) is 2.76. The van der Waals surface area contributed by atoms with E-state index in [2.05, 4.69) is 5.32 Å². The van der Waals surface area contributed by atoms with Crippen LogP contribution in [0.25, 0.3) is 0 Å². The van der Waals surface area contributed by atoms with E-state index in [9.17, 15) is 4.79 Å². The van der Waals surface area contributed by atoms with Gasteiger partial charge in [0.05, 0.1) is 0 Å². The van der Waals surface area contributed by atoms with Crippen molar-refractivity contribution in [3.8, 4) is 0 Å². The van der Waals surface area contributed by atoms with Crippen LogP contribution in [0.3, 0.4) is 0 Å². The molecule has 2 nitrogen and oxygen atoms in total. The van der Waals surface area contributed by atoms with Crippen molar-refractivity contribution in [2.24, 2.45) is 5.92 Å². The summed E-state index contributed by atoms with van der Waals surface area (Å²) in [5.41, 5.74) is -0.0698. The van der Waals surface area contributed by atoms with Gasteiger partial charge in [-0.15, -0.1) is 0 Å². The third kappa shape index (κ3) is 2.84. The first kappa shape index (κ1) is 9.56. The number of amides is 1. The van der Waals surface area contributed by atoms with Gasteiger partial charge in [0.2, 0.25) is 5.91 Å². The number of rotatable bonds is 1. The molecule has 1 fully saturated rings. The third-order valence-electron chi connectivity index (χ3n) is 2.22. The van der Waals surface area contributed by atoms with Gasteiger partial charge in [-0.2, -0.15) is 0 Å². The summed E-state index contributed by atoms with van der Waals surface area (Å²) in [5, 5.41) is 3.02. The molecule has 0 atom stereocenters. The lowest BCUT2D eigenvalue weighted by molar-refractivity contribution is -0.126. The summed E-state index contributed by atoms with van der Waals surface area (Å²) in [6.07, 6.45) is 4.62. The van der Waals surface area contributed by atoms with Crippen molar-refractivity contribution < 1.29 is 4.79 Å². The second-order valence-corrected chi connectivity index (χ2v) is 4.72. The molecule has 12 heavy (non-hydrogen) atoms. The Morgan fingerprint density at radius 3 is 2.17 bits per heavy atom. The fourth-order valence-corrected chi connectivity index (χ4v) is 1.66. The van der Waals surface area contributed by atoms with Crippen LogP contribution < -0.4 is 5.32 Å². The van der Waals surface area contributed by atoms with Crippen LogP contribution >= 0.6 is 0 Å². The van der Waals surface area contributed by atoms with Crippen LogP contribution in [0.2, 0.25) is 0 Å². The van der Waals surface area contributed by atoms with Crippen LogP contribution in [0.15, 0.2) is 0 Å². The Morgan fingerprint density at radius 2 is 1.75 bits per heavy atom. The normalized spacial score (nSPS) is 19.6. The van der Waals surface area contributed by atoms with Gasteiger partial charge in [-0.3, -0.25) is 4.79 Å². The van der Waals surface area contributed by atoms with E-state index in [1.807, 2.05) is 20.8 Å². The summed E-state index contributed by atoms with van der Waals surface area (Å²) < 4.78 is 0. The summed E-state index contributed by atoms with van der Waals surface area (Å²) in [7, 11) is 0. The lowest BCUT2D eigenvalue weighted by atomic mass is 10.0. The van der Waals surface area contributed by atoms with Crippen molar-refractivity contribution in [2.45, 2.75) is 52.0 Å². The molecular weight excluding hydrogens is 150 g/mol. The summed E-state index contributed by atoms with van der Waals surface area (Å²) in [4.78, 5) is 11.5. The SMILES string of the molecule is CC(C)(C)NC(=O)C1CCCC1. The molecule has 1 rings (SSSR count). The Hall–Kier alpha value is -0.530. The molecule has 1 N–H and O–H groups in total. The largest absolute Gasteiger partial charge is 0.351 e. The van der Waals surface area contributed by atoms with Crippen molar-refractivity contribution in [3.05, 3.63) is 0 Å². The summed E-state index contributed by atoms with van der Waals surface area (Å²) in [5.74, 6) is 0.546. The Labute approximate surface area is 74.7 Å². The highest BCUT2D eigenvalue weighted by atomic mass is 16.2. The predicted molar refractivity (Wildman–Crippen MR) is 49.9 cm³/mol. The molecule has 0 bridgehead atoms. The highest BCUT2D eigenvalue weighted by Crippen LogP contribution is 2.25. The number of hydrogen-bond donors (Lipinski definition) is 1. The zero-order valence-electron chi connectivity index (χ0n) is 8.31. The molecule has 0 aromatic rings. The van der Waals surface area contributed by atoms with E-state index in [1.54, 1.807) is 0 Å². The van der Waals surface area contributed by atoms with Crippen LogP contribution in [0.4, 0.5) is 0 Å². The van der Waals surface area contributed by atoms with E-state index in [0.717, 1.165) is 12.8 Å². The van der Waals surface area contributed by atoms with Crippen molar-refractivity contribution in [2.75, 3.05) is 0 Å². The number of carbonyl (C=O) groups is 1. The van der Waals surface area contributed by atoms with E-state index in [0.29, 0.717) is 5.92 Å². The van der Waals surface area contributed by atoms with Gasteiger partial charge in [0.15, 0.2) is 0 Å². The second-order valence-electron chi connectivity index (χ2n) is 4.72. The van der Waals surface area contributed by atoms with E-state index < -0.39 is 0 Å². The molecule has 70 valence electrons. The maximum Gasteiger partial charge on any atom is 0.223 e. The number of nitrogens with one attached hydrogen (secondary N) is 1. The van der Waals surface area contributed by atoms with Crippen molar-refractivity contribution >= 4 is 5.91 Å². The lowest BCUT2D eigenvalue weighted by Crippen LogP contribution is -2.43. The standard InChI is InChI=1S/C10H19NO/c1-10(2,3)11-9(12)8-6-4-5-7-8/h8H,4-7H2,1-3H3,(H,11,12). The summed E-state index contributed by atoms with van der Waals surface area (Å²) in [6, 6.07) is 0. The summed E-state index contributed by atoms with van der Waals surface area (Å²) in [6.45, 7) is 6.08. The molecule has 1 amide bonds. The molecule has 0 saturated heterocycles. The predicted octanol–water partition coefficient (Wildman–Crippen LogP) is 2.09. The first-order chi connectivity index (χ1) is 5.49.